The highest BCUT2D eigenvalue weighted by atomic mass is 35.5. The maximum absolute atomic E-state index is 12.4. The van der Waals surface area contributed by atoms with Crippen molar-refractivity contribution < 1.29 is 22.6 Å². The highest BCUT2D eigenvalue weighted by molar-refractivity contribution is 7.89. The zero-order valence-electron chi connectivity index (χ0n) is 14.2. The van der Waals surface area contributed by atoms with Gasteiger partial charge in [-0.25, -0.2) is 13.1 Å². The number of hydrogen-bond acceptors (Lipinski definition) is 5. The number of rotatable bonds is 8. The molecule has 0 aromatic heterocycles. The molecule has 6 nitrogen and oxygen atoms in total. The molecule has 25 heavy (non-hydrogen) atoms. The number of ether oxygens (including phenoxy) is 3. The van der Waals surface area contributed by atoms with E-state index in [0.717, 1.165) is 5.75 Å². The molecule has 0 amide bonds. The lowest BCUT2D eigenvalue weighted by atomic mass is 10.3. The van der Waals surface area contributed by atoms with Crippen molar-refractivity contribution >= 4 is 21.6 Å². The van der Waals surface area contributed by atoms with Gasteiger partial charge in [0.1, 0.15) is 23.9 Å². The van der Waals surface area contributed by atoms with Crippen molar-refractivity contribution in [1.82, 2.24) is 4.72 Å². The predicted molar refractivity (Wildman–Crippen MR) is 96.3 cm³/mol. The second kappa shape index (κ2) is 8.42. The number of sulfonamides is 1. The Bertz CT molecular complexity index is 808. The van der Waals surface area contributed by atoms with E-state index in [1.54, 1.807) is 38.3 Å². The van der Waals surface area contributed by atoms with Crippen LogP contribution in [0.5, 0.6) is 17.2 Å². The van der Waals surface area contributed by atoms with Gasteiger partial charge in [0, 0.05) is 0 Å². The van der Waals surface area contributed by atoms with Gasteiger partial charge in [0.15, 0.2) is 0 Å². The molecule has 0 bridgehead atoms. The maximum Gasteiger partial charge on any atom is 0.240 e. The predicted octanol–water partition coefficient (Wildman–Crippen LogP) is 3.10. The minimum Gasteiger partial charge on any atom is -0.497 e. The zero-order valence-corrected chi connectivity index (χ0v) is 15.7. The van der Waals surface area contributed by atoms with Crippen LogP contribution in [0.3, 0.4) is 0 Å². The van der Waals surface area contributed by atoms with E-state index in [-0.39, 0.29) is 16.5 Å². The molecule has 0 spiro atoms. The fourth-order valence-corrected chi connectivity index (χ4v) is 3.65. The van der Waals surface area contributed by atoms with Crippen LogP contribution in [0, 0.1) is 0 Å². The van der Waals surface area contributed by atoms with E-state index in [2.05, 4.69) is 4.72 Å². The standard InChI is InChI=1S/C17H20ClNO5S/c1-12(11-24-14-6-4-13(22-2)5-7-14)19-25(20,21)15-8-9-17(23-3)16(18)10-15/h4-10,12,19H,11H2,1-3H3/t12-/m1/s1. The Labute approximate surface area is 152 Å². The Balaban J connectivity index is 1.98. The van der Waals surface area contributed by atoms with Gasteiger partial charge in [0.2, 0.25) is 10.0 Å². The highest BCUT2D eigenvalue weighted by Crippen LogP contribution is 2.27. The van der Waals surface area contributed by atoms with Gasteiger partial charge in [-0.15, -0.1) is 0 Å². The van der Waals surface area contributed by atoms with E-state index in [9.17, 15) is 8.42 Å². The van der Waals surface area contributed by atoms with E-state index in [1.165, 1.54) is 25.3 Å². The highest BCUT2D eigenvalue weighted by Gasteiger charge is 2.19. The van der Waals surface area contributed by atoms with Crippen molar-refractivity contribution in [3.05, 3.63) is 47.5 Å². The summed E-state index contributed by atoms with van der Waals surface area (Å²) in [6.07, 6.45) is 0. The molecular formula is C17H20ClNO5S. The molecule has 0 aliphatic carbocycles. The molecule has 0 radical (unpaired) electrons. The lowest BCUT2D eigenvalue weighted by molar-refractivity contribution is 0.287. The van der Waals surface area contributed by atoms with E-state index >= 15 is 0 Å². The molecule has 0 heterocycles. The molecular weight excluding hydrogens is 366 g/mol. The van der Waals surface area contributed by atoms with Crippen LogP contribution in [-0.2, 0) is 10.0 Å². The fourth-order valence-electron chi connectivity index (χ4n) is 2.07. The molecule has 0 aliphatic heterocycles. The van der Waals surface area contributed by atoms with Crippen LogP contribution < -0.4 is 18.9 Å². The molecule has 2 rings (SSSR count). The second-order valence-corrected chi connectivity index (χ2v) is 7.43. The minimum atomic E-state index is -3.71. The average Bonchev–Trinajstić information content (AvgIpc) is 2.60. The van der Waals surface area contributed by atoms with Gasteiger partial charge in [0.05, 0.1) is 30.2 Å². The summed E-state index contributed by atoms with van der Waals surface area (Å²) < 4.78 is 43.0. The monoisotopic (exact) mass is 385 g/mol. The van der Waals surface area contributed by atoms with Crippen LogP contribution in [0.1, 0.15) is 6.92 Å². The van der Waals surface area contributed by atoms with Gasteiger partial charge < -0.3 is 14.2 Å². The van der Waals surface area contributed by atoms with Crippen molar-refractivity contribution in [1.29, 1.82) is 0 Å². The third-order valence-electron chi connectivity index (χ3n) is 3.35. The van der Waals surface area contributed by atoms with E-state index in [4.69, 9.17) is 25.8 Å². The van der Waals surface area contributed by atoms with Crippen LogP contribution in [0.2, 0.25) is 5.02 Å². The third-order valence-corrected chi connectivity index (χ3v) is 5.23. The van der Waals surface area contributed by atoms with Crippen LogP contribution in [0.25, 0.3) is 0 Å². The van der Waals surface area contributed by atoms with Crippen molar-refractivity contribution in [2.45, 2.75) is 17.9 Å². The Kier molecular flexibility index (Phi) is 6.52. The molecule has 0 aliphatic rings. The molecule has 2 aromatic carbocycles. The van der Waals surface area contributed by atoms with E-state index < -0.39 is 16.1 Å². The number of benzene rings is 2. The molecule has 0 saturated carbocycles. The number of methoxy groups -OCH3 is 2. The van der Waals surface area contributed by atoms with Gasteiger partial charge in [-0.3, -0.25) is 0 Å². The first-order chi connectivity index (χ1) is 11.9. The van der Waals surface area contributed by atoms with E-state index in [1.807, 2.05) is 0 Å². The van der Waals surface area contributed by atoms with Crippen molar-refractivity contribution in [2.24, 2.45) is 0 Å². The number of halogens is 1. The minimum absolute atomic E-state index is 0.0644. The summed E-state index contributed by atoms with van der Waals surface area (Å²) in [4.78, 5) is 0.0644. The first-order valence-corrected chi connectivity index (χ1v) is 9.34. The van der Waals surface area contributed by atoms with Gasteiger partial charge in [-0.2, -0.15) is 0 Å². The smallest absolute Gasteiger partial charge is 0.240 e. The molecule has 8 heteroatoms. The quantitative estimate of drug-likeness (QED) is 0.755. The summed E-state index contributed by atoms with van der Waals surface area (Å²) in [5.41, 5.74) is 0. The first-order valence-electron chi connectivity index (χ1n) is 7.48. The summed E-state index contributed by atoms with van der Waals surface area (Å²) in [6, 6.07) is 10.9. The number of hydrogen-bond donors (Lipinski definition) is 1. The number of nitrogens with one attached hydrogen (secondary N) is 1. The van der Waals surface area contributed by atoms with Crippen molar-refractivity contribution in [3.8, 4) is 17.2 Å². The van der Waals surface area contributed by atoms with Gasteiger partial charge in [-0.05, 0) is 49.4 Å². The largest absolute Gasteiger partial charge is 0.497 e. The van der Waals surface area contributed by atoms with Crippen LogP contribution in [-0.4, -0.2) is 35.3 Å². The molecule has 0 saturated heterocycles. The SMILES string of the molecule is COc1ccc(OC[C@@H](C)NS(=O)(=O)c2ccc(OC)c(Cl)c2)cc1. The summed E-state index contributed by atoms with van der Waals surface area (Å²) in [5.74, 6) is 1.76. The van der Waals surface area contributed by atoms with Crippen LogP contribution in [0.15, 0.2) is 47.4 Å². The Morgan fingerprint density at radius 1 is 1.04 bits per heavy atom. The molecule has 1 atom stereocenters. The molecule has 0 unspecified atom stereocenters. The molecule has 0 fully saturated rings. The van der Waals surface area contributed by atoms with Gasteiger partial charge >= 0.3 is 0 Å². The average molecular weight is 386 g/mol. The van der Waals surface area contributed by atoms with Crippen LogP contribution >= 0.6 is 11.6 Å². The van der Waals surface area contributed by atoms with Gasteiger partial charge in [0.25, 0.3) is 0 Å². The first kappa shape index (κ1) is 19.4. The summed E-state index contributed by atoms with van der Waals surface area (Å²) in [6.45, 7) is 1.89. The molecule has 136 valence electrons. The Morgan fingerprint density at radius 3 is 2.24 bits per heavy atom. The zero-order chi connectivity index (χ0) is 18.4. The summed E-state index contributed by atoms with van der Waals surface area (Å²) >= 11 is 5.99. The molecule has 2 aromatic rings. The summed E-state index contributed by atoms with van der Waals surface area (Å²) in [7, 11) is -0.666. The third kappa shape index (κ3) is 5.26. The normalized spacial score (nSPS) is 12.5. The Morgan fingerprint density at radius 2 is 1.68 bits per heavy atom. The summed E-state index contributed by atoms with van der Waals surface area (Å²) in [5, 5.41) is 0.229. The maximum atomic E-state index is 12.4. The molecule has 1 N–H and O–H groups in total. The van der Waals surface area contributed by atoms with Crippen molar-refractivity contribution in [2.75, 3.05) is 20.8 Å². The lowest BCUT2D eigenvalue weighted by Gasteiger charge is -2.16. The lowest BCUT2D eigenvalue weighted by Crippen LogP contribution is -2.36. The van der Waals surface area contributed by atoms with Crippen molar-refractivity contribution in [3.63, 3.8) is 0 Å². The second-order valence-electron chi connectivity index (χ2n) is 5.31. The van der Waals surface area contributed by atoms with Crippen LogP contribution in [0.4, 0.5) is 0 Å². The topological polar surface area (TPSA) is 73.9 Å². The fraction of sp³-hybridized carbons (Fsp3) is 0.294. The van der Waals surface area contributed by atoms with Gasteiger partial charge in [-0.1, -0.05) is 11.6 Å². The van der Waals surface area contributed by atoms with E-state index in [0.29, 0.717) is 11.5 Å². The Hall–Kier alpha value is -1.96.